The van der Waals surface area contributed by atoms with Gasteiger partial charge < -0.3 is 10.1 Å². The number of hydrogen-bond donors (Lipinski definition) is 1. The zero-order valence-electron chi connectivity index (χ0n) is 9.25. The SMILES string of the molecule is C#CC(CCC)NCC1CCC(C)O1. The Labute approximate surface area is 87.4 Å². The standard InChI is InChI=1S/C12H21NO/c1-4-6-11(5-2)13-9-12-8-7-10(3)14-12/h2,10-13H,4,6-9H2,1,3H3. The first-order chi connectivity index (χ1) is 6.76. The van der Waals surface area contributed by atoms with E-state index in [0.717, 1.165) is 25.8 Å². The first kappa shape index (κ1) is 11.6. The zero-order chi connectivity index (χ0) is 10.4. The summed E-state index contributed by atoms with van der Waals surface area (Å²) in [5.74, 6) is 2.77. The number of rotatable bonds is 5. The highest BCUT2D eigenvalue weighted by Gasteiger charge is 2.21. The third-order valence-corrected chi connectivity index (χ3v) is 2.69. The van der Waals surface area contributed by atoms with Crippen LogP contribution in [0.3, 0.4) is 0 Å². The Hall–Kier alpha value is -0.520. The molecule has 80 valence electrons. The van der Waals surface area contributed by atoms with Crippen LogP contribution in [0.2, 0.25) is 0 Å². The van der Waals surface area contributed by atoms with Crippen molar-refractivity contribution in [3.05, 3.63) is 0 Å². The Bertz CT molecular complexity index is 197. The molecule has 1 aliphatic rings. The number of ether oxygens (including phenoxy) is 1. The van der Waals surface area contributed by atoms with Crippen LogP contribution in [-0.2, 0) is 4.74 Å². The molecule has 0 bridgehead atoms. The number of nitrogens with one attached hydrogen (secondary N) is 1. The van der Waals surface area contributed by atoms with Crippen LogP contribution in [0, 0.1) is 12.3 Å². The largest absolute Gasteiger partial charge is 0.374 e. The van der Waals surface area contributed by atoms with Crippen LogP contribution in [0.4, 0.5) is 0 Å². The Morgan fingerprint density at radius 2 is 2.36 bits per heavy atom. The molecule has 0 aromatic carbocycles. The van der Waals surface area contributed by atoms with Crippen LogP contribution in [0.1, 0.15) is 39.5 Å². The van der Waals surface area contributed by atoms with Crippen molar-refractivity contribution in [2.75, 3.05) is 6.54 Å². The molecule has 0 aromatic heterocycles. The predicted molar refractivity (Wildman–Crippen MR) is 59.1 cm³/mol. The molecule has 0 aliphatic carbocycles. The summed E-state index contributed by atoms with van der Waals surface area (Å²) in [6.07, 6.45) is 10.7. The van der Waals surface area contributed by atoms with Gasteiger partial charge in [0.15, 0.2) is 0 Å². The summed E-state index contributed by atoms with van der Waals surface area (Å²) < 4.78 is 5.70. The van der Waals surface area contributed by atoms with Crippen LogP contribution in [0.5, 0.6) is 0 Å². The molecule has 0 saturated carbocycles. The van der Waals surface area contributed by atoms with E-state index in [1.165, 1.54) is 6.42 Å². The molecule has 1 heterocycles. The van der Waals surface area contributed by atoms with E-state index in [1.54, 1.807) is 0 Å². The van der Waals surface area contributed by atoms with Crippen LogP contribution >= 0.6 is 0 Å². The monoisotopic (exact) mass is 195 g/mol. The minimum atomic E-state index is 0.222. The van der Waals surface area contributed by atoms with E-state index in [0.29, 0.717) is 12.2 Å². The first-order valence-electron chi connectivity index (χ1n) is 5.61. The molecule has 14 heavy (non-hydrogen) atoms. The van der Waals surface area contributed by atoms with E-state index in [-0.39, 0.29) is 6.04 Å². The minimum Gasteiger partial charge on any atom is -0.374 e. The minimum absolute atomic E-state index is 0.222. The third kappa shape index (κ3) is 3.69. The normalized spacial score (nSPS) is 28.6. The summed E-state index contributed by atoms with van der Waals surface area (Å²) in [7, 11) is 0. The molecular weight excluding hydrogens is 174 g/mol. The Morgan fingerprint density at radius 3 is 2.86 bits per heavy atom. The summed E-state index contributed by atoms with van der Waals surface area (Å²) in [4.78, 5) is 0. The molecule has 2 nitrogen and oxygen atoms in total. The average Bonchev–Trinajstić information content (AvgIpc) is 2.59. The van der Waals surface area contributed by atoms with Crippen molar-refractivity contribution in [3.63, 3.8) is 0 Å². The van der Waals surface area contributed by atoms with Gasteiger partial charge in [0.2, 0.25) is 0 Å². The van der Waals surface area contributed by atoms with Crippen LogP contribution in [0.25, 0.3) is 0 Å². The molecule has 1 N–H and O–H groups in total. The van der Waals surface area contributed by atoms with Crippen LogP contribution in [0.15, 0.2) is 0 Å². The van der Waals surface area contributed by atoms with Gasteiger partial charge in [-0.1, -0.05) is 19.3 Å². The van der Waals surface area contributed by atoms with Crippen LogP contribution < -0.4 is 5.32 Å². The Kier molecular flexibility index (Phi) is 5.00. The molecule has 1 fully saturated rings. The van der Waals surface area contributed by atoms with Gasteiger partial charge in [-0.15, -0.1) is 6.42 Å². The van der Waals surface area contributed by atoms with E-state index in [9.17, 15) is 0 Å². The molecule has 0 amide bonds. The van der Waals surface area contributed by atoms with Gasteiger partial charge in [0.1, 0.15) is 0 Å². The Morgan fingerprint density at radius 1 is 1.57 bits per heavy atom. The lowest BCUT2D eigenvalue weighted by Crippen LogP contribution is -2.34. The van der Waals surface area contributed by atoms with Gasteiger partial charge in [-0.05, 0) is 26.2 Å². The van der Waals surface area contributed by atoms with Gasteiger partial charge in [0, 0.05) is 6.54 Å². The molecule has 0 aromatic rings. The fraction of sp³-hybridized carbons (Fsp3) is 0.833. The van der Waals surface area contributed by atoms with Gasteiger partial charge in [-0.25, -0.2) is 0 Å². The highest BCUT2D eigenvalue weighted by Crippen LogP contribution is 2.18. The van der Waals surface area contributed by atoms with E-state index < -0.39 is 0 Å². The van der Waals surface area contributed by atoms with Crippen molar-refractivity contribution in [2.45, 2.75) is 57.8 Å². The van der Waals surface area contributed by atoms with Crippen molar-refractivity contribution in [2.24, 2.45) is 0 Å². The number of terminal acetylenes is 1. The maximum atomic E-state index is 5.70. The van der Waals surface area contributed by atoms with E-state index in [4.69, 9.17) is 11.2 Å². The Balaban J connectivity index is 2.16. The number of hydrogen-bond acceptors (Lipinski definition) is 2. The van der Waals surface area contributed by atoms with Crippen molar-refractivity contribution in [1.82, 2.24) is 5.32 Å². The van der Waals surface area contributed by atoms with Crippen LogP contribution in [-0.4, -0.2) is 24.8 Å². The maximum absolute atomic E-state index is 5.70. The van der Waals surface area contributed by atoms with Gasteiger partial charge >= 0.3 is 0 Å². The lowest BCUT2D eigenvalue weighted by atomic mass is 10.1. The second-order valence-corrected chi connectivity index (χ2v) is 4.06. The summed E-state index contributed by atoms with van der Waals surface area (Å²) in [6.45, 7) is 5.18. The van der Waals surface area contributed by atoms with E-state index in [2.05, 4.69) is 25.1 Å². The predicted octanol–water partition coefficient (Wildman–Crippen LogP) is 1.95. The summed E-state index contributed by atoms with van der Waals surface area (Å²) in [5.41, 5.74) is 0. The molecule has 0 radical (unpaired) electrons. The molecule has 2 heteroatoms. The molecule has 1 saturated heterocycles. The van der Waals surface area contributed by atoms with E-state index in [1.807, 2.05) is 0 Å². The summed E-state index contributed by atoms with van der Waals surface area (Å²) in [6, 6.07) is 0.222. The third-order valence-electron chi connectivity index (χ3n) is 2.69. The molecular formula is C12H21NO. The maximum Gasteiger partial charge on any atom is 0.0704 e. The topological polar surface area (TPSA) is 21.3 Å². The highest BCUT2D eigenvalue weighted by atomic mass is 16.5. The van der Waals surface area contributed by atoms with E-state index >= 15 is 0 Å². The van der Waals surface area contributed by atoms with Gasteiger partial charge in [-0.3, -0.25) is 0 Å². The summed E-state index contributed by atoms with van der Waals surface area (Å²) >= 11 is 0. The van der Waals surface area contributed by atoms with Crippen molar-refractivity contribution in [3.8, 4) is 12.3 Å². The van der Waals surface area contributed by atoms with Crippen molar-refractivity contribution < 1.29 is 4.74 Å². The molecule has 3 unspecified atom stereocenters. The second kappa shape index (κ2) is 6.06. The molecule has 1 rings (SSSR count). The zero-order valence-corrected chi connectivity index (χ0v) is 9.25. The molecule has 0 spiro atoms. The lowest BCUT2D eigenvalue weighted by molar-refractivity contribution is 0.0551. The molecule has 3 atom stereocenters. The van der Waals surface area contributed by atoms with Gasteiger partial charge in [0.05, 0.1) is 18.2 Å². The fourth-order valence-corrected chi connectivity index (χ4v) is 1.84. The van der Waals surface area contributed by atoms with Gasteiger partial charge in [0.25, 0.3) is 0 Å². The summed E-state index contributed by atoms with van der Waals surface area (Å²) in [5, 5.41) is 3.37. The quantitative estimate of drug-likeness (QED) is 0.677. The smallest absolute Gasteiger partial charge is 0.0704 e. The fourth-order valence-electron chi connectivity index (χ4n) is 1.84. The molecule has 1 aliphatic heterocycles. The second-order valence-electron chi connectivity index (χ2n) is 4.06. The van der Waals surface area contributed by atoms with Gasteiger partial charge in [-0.2, -0.15) is 0 Å². The lowest BCUT2D eigenvalue weighted by Gasteiger charge is -2.16. The van der Waals surface area contributed by atoms with Crippen molar-refractivity contribution in [1.29, 1.82) is 0 Å². The highest BCUT2D eigenvalue weighted by molar-refractivity contribution is 4.98. The van der Waals surface area contributed by atoms with Crippen molar-refractivity contribution >= 4 is 0 Å². The average molecular weight is 195 g/mol. The first-order valence-corrected chi connectivity index (χ1v) is 5.61.